The standard InChI is InChI=1S/C13H23N3OS/c1-10-15-12(8-18-10)6-16(3)13(2,9-14)11-4-5-17-7-11/h8,11H,4-7,9,14H2,1-3H3. The fourth-order valence-electron chi connectivity index (χ4n) is 2.56. The van der Waals surface area contributed by atoms with E-state index in [2.05, 4.69) is 29.2 Å². The molecule has 0 aromatic carbocycles. The van der Waals surface area contributed by atoms with Crippen molar-refractivity contribution >= 4 is 11.3 Å². The Hall–Kier alpha value is -0.490. The van der Waals surface area contributed by atoms with Gasteiger partial charge < -0.3 is 10.5 Å². The molecule has 0 amide bonds. The molecule has 1 fully saturated rings. The van der Waals surface area contributed by atoms with Crippen molar-refractivity contribution in [3.8, 4) is 0 Å². The molecule has 102 valence electrons. The Kier molecular flexibility index (Phi) is 4.37. The van der Waals surface area contributed by atoms with Gasteiger partial charge in [-0.1, -0.05) is 0 Å². The quantitative estimate of drug-likeness (QED) is 0.883. The number of nitrogens with zero attached hydrogens (tertiary/aromatic N) is 2. The van der Waals surface area contributed by atoms with Gasteiger partial charge in [0, 0.05) is 36.5 Å². The van der Waals surface area contributed by atoms with Crippen LogP contribution < -0.4 is 5.73 Å². The van der Waals surface area contributed by atoms with E-state index in [1.807, 2.05) is 6.92 Å². The molecule has 0 saturated carbocycles. The maximum Gasteiger partial charge on any atom is 0.0897 e. The van der Waals surface area contributed by atoms with Crippen LogP contribution in [0, 0.1) is 12.8 Å². The molecule has 2 rings (SSSR count). The molecule has 2 unspecified atom stereocenters. The lowest BCUT2D eigenvalue weighted by Gasteiger charge is -2.42. The van der Waals surface area contributed by atoms with Crippen molar-refractivity contribution in [3.05, 3.63) is 16.1 Å². The van der Waals surface area contributed by atoms with Crippen molar-refractivity contribution in [1.29, 1.82) is 0 Å². The zero-order valence-corrected chi connectivity index (χ0v) is 12.3. The first-order valence-corrected chi connectivity index (χ1v) is 7.34. The molecule has 1 aromatic heterocycles. The second kappa shape index (κ2) is 5.65. The molecule has 0 bridgehead atoms. The fraction of sp³-hybridized carbons (Fsp3) is 0.769. The Labute approximate surface area is 113 Å². The number of thiazole rings is 1. The SMILES string of the molecule is Cc1nc(CN(C)C(C)(CN)C2CCOC2)cs1. The summed E-state index contributed by atoms with van der Waals surface area (Å²) >= 11 is 1.70. The lowest BCUT2D eigenvalue weighted by atomic mass is 9.83. The largest absolute Gasteiger partial charge is 0.381 e. The zero-order valence-electron chi connectivity index (χ0n) is 11.5. The highest BCUT2D eigenvalue weighted by molar-refractivity contribution is 7.09. The minimum Gasteiger partial charge on any atom is -0.381 e. The highest BCUT2D eigenvalue weighted by Crippen LogP contribution is 2.30. The summed E-state index contributed by atoms with van der Waals surface area (Å²) in [5.74, 6) is 0.521. The van der Waals surface area contributed by atoms with Crippen molar-refractivity contribution in [3.63, 3.8) is 0 Å². The van der Waals surface area contributed by atoms with E-state index in [4.69, 9.17) is 10.5 Å². The van der Waals surface area contributed by atoms with Crippen LogP contribution in [-0.4, -0.2) is 42.2 Å². The van der Waals surface area contributed by atoms with Gasteiger partial charge in [0.05, 0.1) is 17.3 Å². The first-order chi connectivity index (χ1) is 8.56. The summed E-state index contributed by atoms with van der Waals surface area (Å²) in [5.41, 5.74) is 7.16. The van der Waals surface area contributed by atoms with Crippen LogP contribution in [0.4, 0.5) is 0 Å². The Morgan fingerprint density at radius 3 is 2.94 bits per heavy atom. The first kappa shape index (κ1) is 13.9. The highest BCUT2D eigenvalue weighted by atomic mass is 32.1. The summed E-state index contributed by atoms with van der Waals surface area (Å²) < 4.78 is 5.51. The van der Waals surface area contributed by atoms with Crippen LogP contribution in [0.3, 0.4) is 0 Å². The van der Waals surface area contributed by atoms with Gasteiger partial charge in [0.15, 0.2) is 0 Å². The van der Waals surface area contributed by atoms with Crippen LogP contribution >= 0.6 is 11.3 Å². The molecule has 2 atom stereocenters. The lowest BCUT2D eigenvalue weighted by molar-refractivity contribution is 0.0601. The molecular formula is C13H23N3OS. The summed E-state index contributed by atoms with van der Waals surface area (Å²) in [6.07, 6.45) is 1.11. The fourth-order valence-corrected chi connectivity index (χ4v) is 3.17. The Morgan fingerprint density at radius 1 is 1.67 bits per heavy atom. The molecule has 2 N–H and O–H groups in total. The Balaban J connectivity index is 2.06. The third-order valence-electron chi connectivity index (χ3n) is 4.16. The van der Waals surface area contributed by atoms with E-state index in [9.17, 15) is 0 Å². The Bertz CT molecular complexity index is 389. The molecule has 18 heavy (non-hydrogen) atoms. The number of rotatable bonds is 5. The van der Waals surface area contributed by atoms with Crippen LogP contribution in [-0.2, 0) is 11.3 Å². The molecule has 0 spiro atoms. The molecule has 1 aliphatic heterocycles. The van der Waals surface area contributed by atoms with Crippen molar-refractivity contribution < 1.29 is 4.74 Å². The number of hydrogen-bond acceptors (Lipinski definition) is 5. The van der Waals surface area contributed by atoms with E-state index in [0.717, 1.165) is 36.9 Å². The summed E-state index contributed by atoms with van der Waals surface area (Å²) in [5, 5.41) is 3.26. The average molecular weight is 269 g/mol. The number of likely N-dealkylation sites (N-methyl/N-ethyl adjacent to an activating group) is 1. The van der Waals surface area contributed by atoms with Gasteiger partial charge in [-0.3, -0.25) is 4.90 Å². The van der Waals surface area contributed by atoms with E-state index >= 15 is 0 Å². The zero-order chi connectivity index (χ0) is 13.2. The monoisotopic (exact) mass is 269 g/mol. The van der Waals surface area contributed by atoms with Gasteiger partial charge in [0.25, 0.3) is 0 Å². The first-order valence-electron chi connectivity index (χ1n) is 6.46. The predicted molar refractivity (Wildman–Crippen MR) is 74.7 cm³/mol. The van der Waals surface area contributed by atoms with E-state index in [0.29, 0.717) is 12.5 Å². The van der Waals surface area contributed by atoms with Gasteiger partial charge in [-0.15, -0.1) is 11.3 Å². The summed E-state index contributed by atoms with van der Waals surface area (Å²) in [7, 11) is 2.14. The van der Waals surface area contributed by atoms with Gasteiger partial charge >= 0.3 is 0 Å². The third-order valence-corrected chi connectivity index (χ3v) is 4.98. The van der Waals surface area contributed by atoms with Gasteiger partial charge in [0.2, 0.25) is 0 Å². The number of nitrogens with two attached hydrogens (primary N) is 1. The van der Waals surface area contributed by atoms with Crippen molar-refractivity contribution in [2.75, 3.05) is 26.8 Å². The highest BCUT2D eigenvalue weighted by Gasteiger charge is 2.39. The number of aryl methyl sites for hydroxylation is 1. The summed E-state index contributed by atoms with van der Waals surface area (Å²) in [4.78, 5) is 6.86. The van der Waals surface area contributed by atoms with E-state index in [1.54, 1.807) is 11.3 Å². The molecule has 2 heterocycles. The number of aromatic nitrogens is 1. The van der Waals surface area contributed by atoms with Crippen LogP contribution in [0.1, 0.15) is 24.0 Å². The molecule has 0 aliphatic carbocycles. The maximum atomic E-state index is 6.03. The predicted octanol–water partition coefficient (Wildman–Crippen LogP) is 1.64. The lowest BCUT2D eigenvalue weighted by Crippen LogP contribution is -2.54. The minimum atomic E-state index is -0.00593. The molecule has 4 nitrogen and oxygen atoms in total. The molecule has 0 radical (unpaired) electrons. The molecule has 1 saturated heterocycles. The number of ether oxygens (including phenoxy) is 1. The molecule has 1 aliphatic rings. The average Bonchev–Trinajstić information content (AvgIpc) is 2.99. The third kappa shape index (κ3) is 2.74. The Morgan fingerprint density at radius 2 is 2.44 bits per heavy atom. The summed E-state index contributed by atoms with van der Waals surface area (Å²) in [6.45, 7) is 7.49. The van der Waals surface area contributed by atoms with Gasteiger partial charge in [-0.05, 0) is 27.3 Å². The normalized spacial score (nSPS) is 23.5. The summed E-state index contributed by atoms with van der Waals surface area (Å²) in [6, 6.07) is 0. The van der Waals surface area contributed by atoms with Gasteiger partial charge in [-0.2, -0.15) is 0 Å². The number of hydrogen-bond donors (Lipinski definition) is 1. The van der Waals surface area contributed by atoms with Gasteiger partial charge in [-0.25, -0.2) is 4.98 Å². The van der Waals surface area contributed by atoms with Crippen molar-refractivity contribution in [2.24, 2.45) is 11.7 Å². The molecule has 1 aromatic rings. The molecule has 5 heteroatoms. The van der Waals surface area contributed by atoms with Crippen LogP contribution in [0.15, 0.2) is 5.38 Å². The molecular weight excluding hydrogens is 246 g/mol. The minimum absolute atomic E-state index is 0.00593. The second-order valence-electron chi connectivity index (χ2n) is 5.34. The maximum absolute atomic E-state index is 6.03. The van der Waals surface area contributed by atoms with Crippen molar-refractivity contribution in [1.82, 2.24) is 9.88 Å². The smallest absolute Gasteiger partial charge is 0.0897 e. The van der Waals surface area contributed by atoms with E-state index < -0.39 is 0 Å². The van der Waals surface area contributed by atoms with E-state index in [1.165, 1.54) is 0 Å². The van der Waals surface area contributed by atoms with Crippen LogP contribution in [0.2, 0.25) is 0 Å². The van der Waals surface area contributed by atoms with E-state index in [-0.39, 0.29) is 5.54 Å². The van der Waals surface area contributed by atoms with Crippen LogP contribution in [0.25, 0.3) is 0 Å². The second-order valence-corrected chi connectivity index (χ2v) is 6.40. The van der Waals surface area contributed by atoms with Gasteiger partial charge in [0.1, 0.15) is 0 Å². The van der Waals surface area contributed by atoms with Crippen molar-refractivity contribution in [2.45, 2.75) is 32.4 Å². The topological polar surface area (TPSA) is 51.4 Å². The van der Waals surface area contributed by atoms with Crippen LogP contribution in [0.5, 0.6) is 0 Å².